The Morgan fingerprint density at radius 2 is 1.87 bits per heavy atom. The average molecular weight is 214 g/mol. The summed E-state index contributed by atoms with van der Waals surface area (Å²) < 4.78 is 31.6. The molecule has 0 fully saturated rings. The third-order valence-electron chi connectivity index (χ3n) is 2.35. The van der Waals surface area contributed by atoms with Gasteiger partial charge < -0.3 is 4.74 Å². The molecule has 0 saturated carbocycles. The zero-order valence-electron chi connectivity index (χ0n) is 9.47. The van der Waals surface area contributed by atoms with E-state index in [0.29, 0.717) is 11.3 Å². The van der Waals surface area contributed by atoms with Gasteiger partial charge >= 0.3 is 0 Å². The second kappa shape index (κ2) is 4.17. The van der Waals surface area contributed by atoms with Crippen LogP contribution in [0.5, 0.6) is 5.75 Å². The number of methoxy groups -OCH3 is 1. The molecule has 0 saturated heterocycles. The summed E-state index contributed by atoms with van der Waals surface area (Å²) in [5, 5.41) is 0. The van der Waals surface area contributed by atoms with Crippen LogP contribution in [0.15, 0.2) is 18.2 Å². The Morgan fingerprint density at radius 3 is 2.27 bits per heavy atom. The van der Waals surface area contributed by atoms with E-state index in [2.05, 4.69) is 0 Å². The molecular weight excluding hydrogens is 198 g/mol. The van der Waals surface area contributed by atoms with Crippen LogP contribution in [0.25, 0.3) is 0 Å². The lowest BCUT2D eigenvalue weighted by atomic mass is 9.94. The molecule has 1 aromatic rings. The minimum Gasteiger partial charge on any atom is -0.497 e. The molecular formula is C12H16F2O. The number of hydrogen-bond acceptors (Lipinski definition) is 1. The lowest BCUT2D eigenvalue weighted by molar-refractivity contribution is 0.0162. The Bertz CT molecular complexity index is 340. The van der Waals surface area contributed by atoms with E-state index in [1.807, 2.05) is 13.8 Å². The van der Waals surface area contributed by atoms with Gasteiger partial charge in [0, 0.05) is 12.5 Å². The van der Waals surface area contributed by atoms with Crippen LogP contribution in [-0.2, 0) is 5.92 Å². The van der Waals surface area contributed by atoms with Crippen molar-refractivity contribution in [3.8, 4) is 5.75 Å². The van der Waals surface area contributed by atoms with E-state index < -0.39 is 5.92 Å². The van der Waals surface area contributed by atoms with E-state index in [0.717, 1.165) is 6.92 Å². The van der Waals surface area contributed by atoms with Gasteiger partial charge in [0.05, 0.1) is 7.11 Å². The lowest BCUT2D eigenvalue weighted by Crippen LogP contribution is -2.11. The van der Waals surface area contributed by atoms with Crippen LogP contribution in [0.1, 0.15) is 37.8 Å². The van der Waals surface area contributed by atoms with Crippen molar-refractivity contribution in [3.63, 3.8) is 0 Å². The van der Waals surface area contributed by atoms with Crippen LogP contribution in [0, 0.1) is 0 Å². The molecule has 0 radical (unpaired) electrons. The average Bonchev–Trinajstić information content (AvgIpc) is 2.15. The Labute approximate surface area is 89.1 Å². The first-order valence-electron chi connectivity index (χ1n) is 4.92. The van der Waals surface area contributed by atoms with Crippen LogP contribution in [0.2, 0.25) is 0 Å². The number of halogens is 2. The summed E-state index contributed by atoms with van der Waals surface area (Å²) in [7, 11) is 1.53. The number of ether oxygens (including phenoxy) is 1. The topological polar surface area (TPSA) is 9.23 Å². The van der Waals surface area contributed by atoms with Crippen molar-refractivity contribution >= 4 is 0 Å². The van der Waals surface area contributed by atoms with Gasteiger partial charge in [0.15, 0.2) is 0 Å². The highest BCUT2D eigenvalue weighted by Gasteiger charge is 2.28. The van der Waals surface area contributed by atoms with Gasteiger partial charge in [-0.25, -0.2) is 8.78 Å². The normalized spacial score (nSPS) is 11.9. The minimum atomic E-state index is -2.80. The first-order valence-corrected chi connectivity index (χ1v) is 4.92. The minimum absolute atomic E-state index is 0.0564. The molecule has 1 nitrogen and oxygen atoms in total. The van der Waals surface area contributed by atoms with Gasteiger partial charge in [-0.2, -0.15) is 0 Å². The number of benzene rings is 1. The Balaban J connectivity index is 3.28. The Hall–Kier alpha value is -1.12. The SMILES string of the molecule is COc1ccc(C(C)(F)F)c(C(C)C)c1. The summed E-state index contributed by atoms with van der Waals surface area (Å²) in [6.07, 6.45) is 0. The predicted octanol–water partition coefficient (Wildman–Crippen LogP) is 3.93. The largest absolute Gasteiger partial charge is 0.497 e. The molecule has 1 rings (SSSR count). The van der Waals surface area contributed by atoms with Gasteiger partial charge in [-0.1, -0.05) is 13.8 Å². The quantitative estimate of drug-likeness (QED) is 0.740. The van der Waals surface area contributed by atoms with E-state index in [1.165, 1.54) is 13.2 Å². The van der Waals surface area contributed by atoms with Crippen molar-refractivity contribution in [1.82, 2.24) is 0 Å². The molecule has 1 aromatic carbocycles. The van der Waals surface area contributed by atoms with Crippen molar-refractivity contribution < 1.29 is 13.5 Å². The summed E-state index contributed by atoms with van der Waals surface area (Å²) in [6, 6.07) is 4.68. The highest BCUT2D eigenvalue weighted by Crippen LogP contribution is 2.35. The van der Waals surface area contributed by atoms with Crippen LogP contribution in [0.4, 0.5) is 8.78 Å². The third kappa shape index (κ3) is 2.67. The Kier molecular flexibility index (Phi) is 3.32. The third-order valence-corrected chi connectivity index (χ3v) is 2.35. The molecule has 84 valence electrons. The first-order chi connectivity index (χ1) is 6.86. The van der Waals surface area contributed by atoms with Crippen molar-refractivity contribution in [2.75, 3.05) is 7.11 Å². The zero-order valence-corrected chi connectivity index (χ0v) is 9.47. The predicted molar refractivity (Wildman–Crippen MR) is 56.7 cm³/mol. The summed E-state index contributed by atoms with van der Waals surface area (Å²) >= 11 is 0. The molecule has 0 unspecified atom stereocenters. The van der Waals surface area contributed by atoms with Crippen molar-refractivity contribution in [2.24, 2.45) is 0 Å². The molecule has 3 heteroatoms. The highest BCUT2D eigenvalue weighted by molar-refractivity contribution is 5.39. The number of hydrogen-bond donors (Lipinski definition) is 0. The lowest BCUT2D eigenvalue weighted by Gasteiger charge is -2.19. The second-order valence-electron chi connectivity index (χ2n) is 4.00. The molecule has 0 aromatic heterocycles. The molecule has 0 aliphatic heterocycles. The van der Waals surface area contributed by atoms with Crippen molar-refractivity contribution in [2.45, 2.75) is 32.6 Å². The Morgan fingerprint density at radius 1 is 1.27 bits per heavy atom. The maximum Gasteiger partial charge on any atom is 0.270 e. The van der Waals surface area contributed by atoms with Crippen LogP contribution < -0.4 is 4.74 Å². The number of rotatable bonds is 3. The monoisotopic (exact) mass is 214 g/mol. The smallest absolute Gasteiger partial charge is 0.270 e. The molecule has 0 atom stereocenters. The molecule has 15 heavy (non-hydrogen) atoms. The van der Waals surface area contributed by atoms with E-state index in [-0.39, 0.29) is 11.5 Å². The molecule has 0 spiro atoms. The molecule has 0 aliphatic carbocycles. The van der Waals surface area contributed by atoms with Crippen molar-refractivity contribution in [1.29, 1.82) is 0 Å². The zero-order chi connectivity index (χ0) is 11.6. The number of alkyl halides is 2. The molecule has 0 heterocycles. The maximum absolute atomic E-state index is 13.3. The van der Waals surface area contributed by atoms with E-state index in [9.17, 15) is 8.78 Å². The summed E-state index contributed by atoms with van der Waals surface area (Å²) in [5.41, 5.74) is 0.722. The molecule has 0 N–H and O–H groups in total. The maximum atomic E-state index is 13.3. The fraction of sp³-hybridized carbons (Fsp3) is 0.500. The summed E-state index contributed by atoms with van der Waals surface area (Å²) in [4.78, 5) is 0. The fourth-order valence-electron chi connectivity index (χ4n) is 1.55. The van der Waals surface area contributed by atoms with E-state index in [4.69, 9.17) is 4.74 Å². The van der Waals surface area contributed by atoms with Crippen LogP contribution in [0.3, 0.4) is 0 Å². The second-order valence-corrected chi connectivity index (χ2v) is 4.00. The standard InChI is InChI=1S/C12H16F2O/c1-8(2)10-7-9(15-4)5-6-11(10)12(3,13)14/h5-8H,1-4H3. The van der Waals surface area contributed by atoms with Crippen molar-refractivity contribution in [3.05, 3.63) is 29.3 Å². The fourth-order valence-corrected chi connectivity index (χ4v) is 1.55. The molecule has 0 aliphatic rings. The summed E-state index contributed by atoms with van der Waals surface area (Å²) in [5.74, 6) is -2.13. The van der Waals surface area contributed by atoms with Gasteiger partial charge in [0.2, 0.25) is 0 Å². The van der Waals surface area contributed by atoms with Gasteiger partial charge in [-0.15, -0.1) is 0 Å². The van der Waals surface area contributed by atoms with Gasteiger partial charge in [-0.3, -0.25) is 0 Å². The van der Waals surface area contributed by atoms with Crippen LogP contribution in [-0.4, -0.2) is 7.11 Å². The molecule has 0 bridgehead atoms. The van der Waals surface area contributed by atoms with E-state index in [1.54, 1.807) is 12.1 Å². The van der Waals surface area contributed by atoms with Crippen LogP contribution >= 0.6 is 0 Å². The molecule has 0 amide bonds. The van der Waals surface area contributed by atoms with E-state index >= 15 is 0 Å². The van der Waals surface area contributed by atoms with Gasteiger partial charge in [-0.05, 0) is 29.7 Å². The van der Waals surface area contributed by atoms with Gasteiger partial charge in [0.25, 0.3) is 5.92 Å². The first kappa shape index (κ1) is 12.0. The summed E-state index contributed by atoms with van der Waals surface area (Å²) in [6.45, 7) is 4.70. The highest BCUT2D eigenvalue weighted by atomic mass is 19.3. The van der Waals surface area contributed by atoms with Gasteiger partial charge in [0.1, 0.15) is 5.75 Å².